The lowest BCUT2D eigenvalue weighted by atomic mass is 10.1. The Labute approximate surface area is 184 Å². The second-order valence-corrected chi connectivity index (χ2v) is 9.21. The number of aryl methyl sites for hydroxylation is 1. The first-order valence-electron chi connectivity index (χ1n) is 10.6. The molecule has 0 radical (unpaired) electrons. The van der Waals surface area contributed by atoms with E-state index in [0.717, 1.165) is 23.4 Å². The maximum Gasteiger partial charge on any atom is 0.264 e. The van der Waals surface area contributed by atoms with Crippen molar-refractivity contribution < 1.29 is 14.0 Å². The SMILES string of the molecule is Cc1c(C(=O)N2CCN(CC(=O)N3CCc4ccccc43)CC2)sc2cccc(F)c12. The van der Waals surface area contributed by atoms with Crippen LogP contribution in [0.3, 0.4) is 0 Å². The third-order valence-corrected chi connectivity index (χ3v) is 7.55. The fourth-order valence-corrected chi connectivity index (χ4v) is 5.77. The van der Waals surface area contributed by atoms with E-state index in [1.165, 1.54) is 23.0 Å². The molecule has 31 heavy (non-hydrogen) atoms. The van der Waals surface area contributed by atoms with Crippen LogP contribution in [0.4, 0.5) is 10.1 Å². The fraction of sp³-hybridized carbons (Fsp3) is 0.333. The maximum absolute atomic E-state index is 14.2. The number of thiophene rings is 1. The molecule has 3 heterocycles. The molecule has 160 valence electrons. The van der Waals surface area contributed by atoms with Crippen LogP contribution in [0.2, 0.25) is 0 Å². The Morgan fingerprint density at radius 2 is 1.77 bits per heavy atom. The number of benzene rings is 2. The summed E-state index contributed by atoms with van der Waals surface area (Å²) in [5.74, 6) is -0.213. The van der Waals surface area contributed by atoms with Crippen LogP contribution in [0, 0.1) is 12.7 Å². The number of piperazine rings is 1. The van der Waals surface area contributed by atoms with Crippen molar-refractivity contribution in [1.82, 2.24) is 9.80 Å². The number of para-hydroxylation sites is 1. The van der Waals surface area contributed by atoms with Crippen molar-refractivity contribution in [3.05, 3.63) is 64.3 Å². The average Bonchev–Trinajstić information content (AvgIpc) is 3.36. The topological polar surface area (TPSA) is 43.9 Å². The van der Waals surface area contributed by atoms with Crippen LogP contribution in [-0.2, 0) is 11.2 Å². The summed E-state index contributed by atoms with van der Waals surface area (Å²) in [6.45, 7) is 5.37. The van der Waals surface area contributed by atoms with Crippen molar-refractivity contribution in [2.75, 3.05) is 44.2 Å². The zero-order chi connectivity index (χ0) is 21.5. The molecule has 0 atom stereocenters. The van der Waals surface area contributed by atoms with E-state index in [-0.39, 0.29) is 17.6 Å². The highest BCUT2D eigenvalue weighted by Crippen LogP contribution is 2.33. The molecule has 3 aromatic rings. The van der Waals surface area contributed by atoms with E-state index in [2.05, 4.69) is 11.0 Å². The quantitative estimate of drug-likeness (QED) is 0.628. The Balaban J connectivity index is 1.22. The highest BCUT2D eigenvalue weighted by molar-refractivity contribution is 7.21. The van der Waals surface area contributed by atoms with Gasteiger partial charge in [-0.25, -0.2) is 4.39 Å². The summed E-state index contributed by atoms with van der Waals surface area (Å²) >= 11 is 1.36. The average molecular weight is 438 g/mol. The van der Waals surface area contributed by atoms with Gasteiger partial charge in [-0.3, -0.25) is 14.5 Å². The van der Waals surface area contributed by atoms with Crippen LogP contribution in [0.1, 0.15) is 20.8 Å². The van der Waals surface area contributed by atoms with Crippen LogP contribution in [0.25, 0.3) is 10.1 Å². The number of fused-ring (bicyclic) bond motifs is 2. The summed E-state index contributed by atoms with van der Waals surface area (Å²) in [7, 11) is 0. The number of halogens is 1. The van der Waals surface area contributed by atoms with Gasteiger partial charge >= 0.3 is 0 Å². The molecule has 0 N–H and O–H groups in total. The van der Waals surface area contributed by atoms with E-state index in [4.69, 9.17) is 0 Å². The molecule has 2 aliphatic heterocycles. The van der Waals surface area contributed by atoms with Gasteiger partial charge in [0.1, 0.15) is 5.82 Å². The van der Waals surface area contributed by atoms with Crippen LogP contribution in [-0.4, -0.2) is 60.9 Å². The molecule has 0 bridgehead atoms. The van der Waals surface area contributed by atoms with Crippen molar-refractivity contribution in [2.24, 2.45) is 0 Å². The monoisotopic (exact) mass is 437 g/mol. The minimum Gasteiger partial charge on any atom is -0.335 e. The van der Waals surface area contributed by atoms with Gasteiger partial charge in [-0.2, -0.15) is 0 Å². The summed E-state index contributed by atoms with van der Waals surface area (Å²) in [5.41, 5.74) is 2.96. The zero-order valence-corrected chi connectivity index (χ0v) is 18.3. The van der Waals surface area contributed by atoms with Crippen molar-refractivity contribution in [2.45, 2.75) is 13.3 Å². The number of carbonyl (C=O) groups excluding carboxylic acids is 2. The third-order valence-electron chi connectivity index (χ3n) is 6.30. The number of anilines is 1. The molecule has 1 saturated heterocycles. The van der Waals surface area contributed by atoms with Gasteiger partial charge in [0, 0.05) is 48.5 Å². The van der Waals surface area contributed by atoms with Gasteiger partial charge in [0.15, 0.2) is 0 Å². The van der Waals surface area contributed by atoms with Gasteiger partial charge in [-0.15, -0.1) is 11.3 Å². The fourth-order valence-electron chi connectivity index (χ4n) is 4.58. The van der Waals surface area contributed by atoms with Crippen LogP contribution >= 0.6 is 11.3 Å². The third kappa shape index (κ3) is 3.62. The van der Waals surface area contributed by atoms with Gasteiger partial charge in [0.25, 0.3) is 5.91 Å². The lowest BCUT2D eigenvalue weighted by Gasteiger charge is -2.35. The molecule has 5 nitrogen and oxygen atoms in total. The van der Waals surface area contributed by atoms with E-state index in [1.807, 2.05) is 41.0 Å². The lowest BCUT2D eigenvalue weighted by molar-refractivity contribution is -0.120. The van der Waals surface area contributed by atoms with Gasteiger partial charge in [-0.05, 0) is 42.7 Å². The van der Waals surface area contributed by atoms with Crippen molar-refractivity contribution in [1.29, 1.82) is 0 Å². The second-order valence-electron chi connectivity index (χ2n) is 8.16. The van der Waals surface area contributed by atoms with Gasteiger partial charge < -0.3 is 9.80 Å². The van der Waals surface area contributed by atoms with Crippen molar-refractivity contribution in [3.8, 4) is 0 Å². The molecule has 1 fully saturated rings. The summed E-state index contributed by atoms with van der Waals surface area (Å²) in [6, 6.07) is 13.0. The first-order valence-corrected chi connectivity index (χ1v) is 11.4. The zero-order valence-electron chi connectivity index (χ0n) is 17.4. The van der Waals surface area contributed by atoms with Crippen LogP contribution in [0.15, 0.2) is 42.5 Å². The summed E-state index contributed by atoms with van der Waals surface area (Å²) in [6.07, 6.45) is 0.902. The number of nitrogens with zero attached hydrogens (tertiary/aromatic N) is 3. The second kappa shape index (κ2) is 8.05. The largest absolute Gasteiger partial charge is 0.335 e. The van der Waals surface area contributed by atoms with E-state index in [9.17, 15) is 14.0 Å². The molecule has 0 aliphatic carbocycles. The first kappa shape index (κ1) is 20.2. The molecule has 2 aliphatic rings. The summed E-state index contributed by atoms with van der Waals surface area (Å²) in [4.78, 5) is 32.4. The Bertz CT molecular complexity index is 1170. The van der Waals surface area contributed by atoms with E-state index in [1.54, 1.807) is 6.07 Å². The molecule has 5 rings (SSSR count). The minimum absolute atomic E-state index is 0.0439. The minimum atomic E-state index is -0.280. The van der Waals surface area contributed by atoms with Crippen molar-refractivity contribution in [3.63, 3.8) is 0 Å². The number of hydrogen-bond acceptors (Lipinski definition) is 4. The molecular formula is C24H24FN3O2S. The number of amides is 2. The Morgan fingerprint density at radius 3 is 2.55 bits per heavy atom. The molecule has 0 saturated carbocycles. The van der Waals surface area contributed by atoms with E-state index >= 15 is 0 Å². The normalized spacial score (nSPS) is 16.7. The molecule has 7 heteroatoms. The number of hydrogen-bond donors (Lipinski definition) is 0. The highest BCUT2D eigenvalue weighted by Gasteiger charge is 2.29. The van der Waals surface area contributed by atoms with Crippen molar-refractivity contribution >= 4 is 38.9 Å². The lowest BCUT2D eigenvalue weighted by Crippen LogP contribution is -2.51. The predicted octanol–water partition coefficient (Wildman–Crippen LogP) is 3.70. The van der Waals surface area contributed by atoms with E-state index < -0.39 is 0 Å². The van der Waals surface area contributed by atoms with Gasteiger partial charge in [-0.1, -0.05) is 24.3 Å². The van der Waals surface area contributed by atoms with Gasteiger partial charge in [0.05, 0.1) is 11.4 Å². The molecular weight excluding hydrogens is 413 g/mol. The van der Waals surface area contributed by atoms with E-state index in [0.29, 0.717) is 48.6 Å². The summed E-state index contributed by atoms with van der Waals surface area (Å²) in [5, 5.41) is 0.547. The number of rotatable bonds is 3. The smallest absolute Gasteiger partial charge is 0.264 e. The highest BCUT2D eigenvalue weighted by atomic mass is 32.1. The molecule has 0 unspecified atom stereocenters. The number of carbonyl (C=O) groups is 2. The molecule has 0 spiro atoms. The standard InChI is InChI=1S/C24H24FN3O2S/c1-16-22-18(25)6-4-8-20(22)31-23(16)24(30)27-13-11-26(12-14-27)15-21(29)28-10-9-17-5-2-3-7-19(17)28/h2-8H,9-15H2,1H3. The summed E-state index contributed by atoms with van der Waals surface area (Å²) < 4.78 is 15.0. The first-order chi connectivity index (χ1) is 15.0. The van der Waals surface area contributed by atoms with Crippen LogP contribution in [0.5, 0.6) is 0 Å². The Hall–Kier alpha value is -2.77. The molecule has 1 aromatic heterocycles. The Morgan fingerprint density at radius 1 is 1.00 bits per heavy atom. The molecule has 2 aromatic carbocycles. The van der Waals surface area contributed by atoms with Crippen LogP contribution < -0.4 is 4.90 Å². The maximum atomic E-state index is 14.2. The predicted molar refractivity (Wildman–Crippen MR) is 121 cm³/mol. The van der Waals surface area contributed by atoms with Gasteiger partial charge in [0.2, 0.25) is 5.91 Å². The Kier molecular flexibility index (Phi) is 5.24. The molecule has 2 amide bonds.